The molecule has 1 aromatic carbocycles. The number of fused-ring (bicyclic) bond motifs is 1. The predicted molar refractivity (Wildman–Crippen MR) is 124 cm³/mol. The average molecular weight is 490 g/mol. The quantitative estimate of drug-likeness (QED) is 0.443. The van der Waals surface area contributed by atoms with E-state index in [9.17, 15) is 34.5 Å². The molecule has 4 N–H and O–H groups in total. The number of carboxylic acid groups (broad SMARTS) is 2. The van der Waals surface area contributed by atoms with Crippen LogP contribution in [-0.2, 0) is 14.4 Å². The van der Waals surface area contributed by atoms with Crippen LogP contribution in [0.1, 0.15) is 25.8 Å². The Morgan fingerprint density at radius 1 is 1.24 bits per heavy atom. The van der Waals surface area contributed by atoms with Crippen LogP contribution in [0.5, 0.6) is 0 Å². The highest BCUT2D eigenvalue weighted by Gasteiger charge is 2.60. The third kappa shape index (κ3) is 4.03. The molecule has 4 rings (SSSR count). The van der Waals surface area contributed by atoms with E-state index < -0.39 is 48.0 Å². The van der Waals surface area contributed by atoms with E-state index in [0.717, 1.165) is 10.5 Å². The van der Waals surface area contributed by atoms with Gasteiger partial charge in [0.1, 0.15) is 11.7 Å². The number of hydrogen-bond acceptors (Lipinski definition) is 6. The normalized spacial score (nSPS) is 29.1. The molecule has 2 fully saturated rings. The fourth-order valence-electron chi connectivity index (χ4n) is 5.15. The number of likely N-dealkylation sites (tertiary alicyclic amines) is 1. The van der Waals surface area contributed by atoms with Gasteiger partial charge < -0.3 is 25.5 Å². The molecule has 3 heterocycles. The van der Waals surface area contributed by atoms with Gasteiger partial charge in [0.25, 0.3) is 0 Å². The molecule has 3 amide bonds. The van der Waals surface area contributed by atoms with Crippen LogP contribution in [0, 0.1) is 18.8 Å². The fourth-order valence-corrected chi connectivity index (χ4v) is 6.67. The summed E-state index contributed by atoms with van der Waals surface area (Å²) in [6.07, 6.45) is -1.93. The second-order valence-electron chi connectivity index (χ2n) is 9.06. The molecule has 3 aliphatic rings. The Bertz CT molecular complexity index is 1090. The maximum Gasteiger partial charge on any atom is 0.408 e. The van der Waals surface area contributed by atoms with Crippen molar-refractivity contribution in [1.82, 2.24) is 9.80 Å². The summed E-state index contributed by atoms with van der Waals surface area (Å²) in [5.74, 6) is -3.11. The molecular formula is C23H27N3O7S. The molecule has 0 aliphatic carbocycles. The van der Waals surface area contributed by atoms with Crippen molar-refractivity contribution in [3.63, 3.8) is 0 Å². The van der Waals surface area contributed by atoms with E-state index in [1.54, 1.807) is 18.2 Å². The Kier molecular flexibility index (Phi) is 6.34. The molecule has 6 atom stereocenters. The molecule has 11 heteroatoms. The van der Waals surface area contributed by atoms with Crippen LogP contribution in [0.15, 0.2) is 34.9 Å². The van der Waals surface area contributed by atoms with Crippen molar-refractivity contribution in [2.75, 3.05) is 11.9 Å². The molecule has 0 radical (unpaired) electrons. The van der Waals surface area contributed by atoms with Gasteiger partial charge in [0.15, 0.2) is 0 Å². The van der Waals surface area contributed by atoms with E-state index in [2.05, 4.69) is 5.32 Å². The highest BCUT2D eigenvalue weighted by atomic mass is 32.2. The van der Waals surface area contributed by atoms with Gasteiger partial charge in [0.05, 0.1) is 18.1 Å². The minimum Gasteiger partial charge on any atom is -0.477 e. The first-order valence-corrected chi connectivity index (χ1v) is 11.9. The molecular weight excluding hydrogens is 462 g/mol. The number of anilines is 1. The lowest BCUT2D eigenvalue weighted by molar-refractivity contribution is -0.163. The molecule has 0 aromatic heterocycles. The molecule has 0 saturated carbocycles. The van der Waals surface area contributed by atoms with Crippen LogP contribution in [0.25, 0.3) is 0 Å². The Hall–Kier alpha value is -3.05. The number of aliphatic hydroxyl groups is 1. The van der Waals surface area contributed by atoms with E-state index in [1.807, 2.05) is 19.9 Å². The van der Waals surface area contributed by atoms with Gasteiger partial charge in [0.2, 0.25) is 11.8 Å². The topological polar surface area (TPSA) is 147 Å². The van der Waals surface area contributed by atoms with Crippen molar-refractivity contribution in [3.05, 3.63) is 40.4 Å². The van der Waals surface area contributed by atoms with Crippen LogP contribution >= 0.6 is 11.8 Å². The number of nitrogens with one attached hydrogen (secondary N) is 1. The van der Waals surface area contributed by atoms with Gasteiger partial charge in [-0.2, -0.15) is 0 Å². The van der Waals surface area contributed by atoms with E-state index in [0.29, 0.717) is 10.6 Å². The van der Waals surface area contributed by atoms with Crippen LogP contribution in [0.4, 0.5) is 10.5 Å². The predicted octanol–water partition coefficient (Wildman–Crippen LogP) is 1.94. The lowest BCUT2D eigenvalue weighted by Crippen LogP contribution is -2.63. The van der Waals surface area contributed by atoms with Gasteiger partial charge >= 0.3 is 12.1 Å². The zero-order chi connectivity index (χ0) is 24.9. The van der Waals surface area contributed by atoms with Crippen molar-refractivity contribution in [2.45, 2.75) is 50.6 Å². The molecule has 1 aromatic rings. The first-order valence-electron chi connectivity index (χ1n) is 11.0. The summed E-state index contributed by atoms with van der Waals surface area (Å²) in [4.78, 5) is 52.1. The van der Waals surface area contributed by atoms with Gasteiger partial charge in [-0.25, -0.2) is 9.59 Å². The number of aryl methyl sites for hydroxylation is 1. The molecule has 2 saturated heterocycles. The van der Waals surface area contributed by atoms with Crippen molar-refractivity contribution < 1.29 is 34.5 Å². The number of carbonyl (C=O) groups excluding carboxylic acids is 2. The summed E-state index contributed by atoms with van der Waals surface area (Å²) in [6, 6.07) is 5.81. The number of aliphatic hydroxyl groups excluding tert-OH is 1. The van der Waals surface area contributed by atoms with Gasteiger partial charge in [0, 0.05) is 28.3 Å². The summed E-state index contributed by atoms with van der Waals surface area (Å²) >= 11 is 1.21. The molecule has 0 bridgehead atoms. The molecule has 3 aliphatic heterocycles. The molecule has 10 nitrogen and oxygen atoms in total. The molecule has 34 heavy (non-hydrogen) atoms. The zero-order valence-electron chi connectivity index (χ0n) is 19.0. The highest BCUT2D eigenvalue weighted by Crippen LogP contribution is 2.52. The summed E-state index contributed by atoms with van der Waals surface area (Å²) in [5.41, 5.74) is 1.41. The maximum absolute atomic E-state index is 12.9. The van der Waals surface area contributed by atoms with Crippen LogP contribution in [0.3, 0.4) is 0 Å². The van der Waals surface area contributed by atoms with Crippen molar-refractivity contribution in [1.29, 1.82) is 0 Å². The highest BCUT2D eigenvalue weighted by molar-refractivity contribution is 8.03. The number of benzene rings is 1. The van der Waals surface area contributed by atoms with E-state index in [-0.39, 0.29) is 29.8 Å². The van der Waals surface area contributed by atoms with Crippen LogP contribution in [-0.4, -0.2) is 79.0 Å². The number of hydrogen-bond donors (Lipinski definition) is 4. The number of carbonyl (C=O) groups is 4. The average Bonchev–Trinajstić information content (AvgIpc) is 3.27. The number of carboxylic acids is 1. The molecule has 0 spiro atoms. The molecule has 6 unspecified atom stereocenters. The summed E-state index contributed by atoms with van der Waals surface area (Å²) in [6.45, 7) is 5.25. The van der Waals surface area contributed by atoms with E-state index in [1.165, 1.54) is 23.6 Å². The fraction of sp³-hybridized carbons (Fsp3) is 0.478. The SMILES string of the molecule is Cc1cccc(NC(=O)C2CC(SC3=C(C(=O)O)N4C(=O)C(C(C)O)C4C3C)CN2C(=O)O)c1. The second kappa shape index (κ2) is 8.95. The first kappa shape index (κ1) is 24.1. The zero-order valence-corrected chi connectivity index (χ0v) is 19.8. The molecule has 182 valence electrons. The van der Waals surface area contributed by atoms with Gasteiger partial charge in [-0.3, -0.25) is 14.5 Å². The van der Waals surface area contributed by atoms with Gasteiger partial charge in [-0.05, 0) is 38.0 Å². The lowest BCUT2D eigenvalue weighted by Gasteiger charge is -2.46. The van der Waals surface area contributed by atoms with Gasteiger partial charge in [-0.15, -0.1) is 11.8 Å². The maximum atomic E-state index is 12.9. The van der Waals surface area contributed by atoms with Crippen LogP contribution in [0.2, 0.25) is 0 Å². The third-order valence-corrected chi connectivity index (χ3v) is 8.20. The number of aliphatic carboxylic acids is 1. The summed E-state index contributed by atoms with van der Waals surface area (Å²) in [5, 5.41) is 31.9. The first-order chi connectivity index (χ1) is 16.0. The van der Waals surface area contributed by atoms with E-state index in [4.69, 9.17) is 0 Å². The summed E-state index contributed by atoms with van der Waals surface area (Å²) in [7, 11) is 0. The Balaban J connectivity index is 1.54. The minimum atomic E-state index is -1.24. The smallest absolute Gasteiger partial charge is 0.408 e. The Morgan fingerprint density at radius 3 is 2.53 bits per heavy atom. The van der Waals surface area contributed by atoms with Crippen molar-refractivity contribution in [2.24, 2.45) is 11.8 Å². The number of amides is 3. The number of rotatable bonds is 6. The monoisotopic (exact) mass is 489 g/mol. The van der Waals surface area contributed by atoms with Crippen molar-refractivity contribution >= 4 is 41.3 Å². The standard InChI is InChI=1S/C23H27N3O7S/c1-10-5-4-6-13(7-10)24-20(28)15-8-14(9-25(15)23(32)33)34-19-11(2)17-16(12(3)27)21(29)26(17)18(19)22(30)31/h4-7,11-12,14-17,27H,8-9H2,1-3H3,(H,24,28)(H,30,31)(H,32,33). The Morgan fingerprint density at radius 2 is 1.94 bits per heavy atom. The van der Waals surface area contributed by atoms with Crippen LogP contribution < -0.4 is 5.32 Å². The lowest BCUT2D eigenvalue weighted by atomic mass is 9.79. The summed E-state index contributed by atoms with van der Waals surface area (Å²) < 4.78 is 0. The number of nitrogens with zero attached hydrogens (tertiary/aromatic N) is 2. The second-order valence-corrected chi connectivity index (χ2v) is 10.4. The van der Waals surface area contributed by atoms with Crippen molar-refractivity contribution in [3.8, 4) is 0 Å². The third-order valence-electron chi connectivity index (χ3n) is 6.70. The van der Waals surface area contributed by atoms with Gasteiger partial charge in [-0.1, -0.05) is 19.1 Å². The largest absolute Gasteiger partial charge is 0.477 e. The Labute approximate surface area is 200 Å². The number of thioether (sulfide) groups is 1. The minimum absolute atomic E-state index is 0.0491. The number of β-lactam (4-membered cyclic amide) rings is 1. The van der Waals surface area contributed by atoms with E-state index >= 15 is 0 Å².